The minimum Gasteiger partial charge on any atom is -0.508 e. The van der Waals surface area contributed by atoms with Crippen LogP contribution in [0.5, 0.6) is 23.0 Å². The van der Waals surface area contributed by atoms with Crippen molar-refractivity contribution in [1.29, 1.82) is 0 Å². The van der Waals surface area contributed by atoms with E-state index >= 15 is 0 Å². The third kappa shape index (κ3) is 13.2. The highest BCUT2D eigenvalue weighted by Gasteiger charge is 2.74. The van der Waals surface area contributed by atoms with Crippen molar-refractivity contribution >= 4 is 0 Å². The number of benzene rings is 2. The van der Waals surface area contributed by atoms with Gasteiger partial charge >= 0.3 is 0 Å². The number of epoxide rings is 1. The quantitative estimate of drug-likeness (QED) is 0.0786. The van der Waals surface area contributed by atoms with E-state index in [4.69, 9.17) is 4.74 Å². The van der Waals surface area contributed by atoms with Crippen molar-refractivity contribution in [2.24, 2.45) is 29.1 Å². The molecular weight excluding hydrogens is 717 g/mol. The molecule has 7 rings (SSSR count). The summed E-state index contributed by atoms with van der Waals surface area (Å²) in [7, 11) is 0. The van der Waals surface area contributed by atoms with E-state index in [-0.39, 0.29) is 42.3 Å². The Balaban J connectivity index is 0.000000219. The lowest BCUT2D eigenvalue weighted by Crippen LogP contribution is -2.17. The molecule has 7 atom stereocenters. The standard InChI is InChI=1S/C21H30O2.C11H16O2.C10H16O.C10H15.CH4/c1-5-6-7-8-16-12-19(22)21(20(23)13-16)18-11-15(4)9-10-17(18)14(2)3;1-2-3-4-5-9-6-10(12)8-11(13)7-9;1-9(2)6-4-5-10(3)8(11-10)7(6)9;1-8(2)10-6-4-9(3)5-7-10;/h11-13,17-18,22-23H,2,5-10H2,1,3-4H3;6-8,12-13H,2-5H2,1H3;6-8H,4-5H2,1-3H3;4,6,10H,1,5,7H2,2-3H3;1H4/q;;;+1;/t17-,18?;;6-,7-,8+,10-;10-;/m0.10./s1. The molecule has 5 heteroatoms. The minimum atomic E-state index is 0. The summed E-state index contributed by atoms with van der Waals surface area (Å²) in [6, 6.07) is 8.42. The Labute approximate surface area is 354 Å². The van der Waals surface area contributed by atoms with E-state index in [0.29, 0.717) is 28.6 Å². The summed E-state index contributed by atoms with van der Waals surface area (Å²) < 4.78 is 5.75. The number of aryl methyl sites for hydroxylation is 2. The zero-order valence-electron chi connectivity index (χ0n) is 37.1. The number of ether oxygens (including phenoxy) is 1. The Morgan fingerprint density at radius 3 is 1.86 bits per heavy atom. The van der Waals surface area contributed by atoms with Crippen molar-refractivity contribution < 1.29 is 25.2 Å². The molecule has 4 N–H and O–H groups in total. The molecule has 1 heterocycles. The third-order valence-electron chi connectivity index (χ3n) is 13.5. The van der Waals surface area contributed by atoms with Crippen LogP contribution < -0.4 is 0 Å². The molecule has 0 spiro atoms. The summed E-state index contributed by atoms with van der Waals surface area (Å²) in [6.45, 7) is 27.9. The molecule has 0 aromatic heterocycles. The van der Waals surface area contributed by atoms with Crippen LogP contribution in [-0.4, -0.2) is 32.1 Å². The Hall–Kier alpha value is -3.57. The van der Waals surface area contributed by atoms with Gasteiger partial charge in [-0.1, -0.05) is 96.8 Å². The van der Waals surface area contributed by atoms with Crippen LogP contribution in [0.3, 0.4) is 0 Å². The maximum absolute atomic E-state index is 10.5. The van der Waals surface area contributed by atoms with Crippen LogP contribution in [0.15, 0.2) is 78.4 Å². The van der Waals surface area contributed by atoms with E-state index in [1.54, 1.807) is 12.1 Å². The summed E-state index contributed by atoms with van der Waals surface area (Å²) in [6.07, 6.45) is 23.4. The first kappa shape index (κ1) is 48.8. The van der Waals surface area contributed by atoms with Crippen molar-refractivity contribution in [3.63, 3.8) is 0 Å². The highest BCUT2D eigenvalue weighted by molar-refractivity contribution is 5.52. The summed E-state index contributed by atoms with van der Waals surface area (Å²) in [5, 5.41) is 39.5. The first-order valence-corrected chi connectivity index (χ1v) is 22.1. The largest absolute Gasteiger partial charge is 0.508 e. The van der Waals surface area contributed by atoms with Gasteiger partial charge in [0, 0.05) is 37.0 Å². The lowest BCUT2D eigenvalue weighted by molar-refractivity contribution is 0.286. The average molecular weight is 798 g/mol. The van der Waals surface area contributed by atoms with Gasteiger partial charge in [-0.3, -0.25) is 0 Å². The van der Waals surface area contributed by atoms with Gasteiger partial charge in [0.2, 0.25) is 0 Å². The molecule has 1 saturated heterocycles. The second-order valence-corrected chi connectivity index (χ2v) is 18.9. The fourth-order valence-electron chi connectivity index (χ4n) is 9.58. The predicted molar refractivity (Wildman–Crippen MR) is 246 cm³/mol. The molecule has 0 amide bonds. The molecule has 3 fully saturated rings. The van der Waals surface area contributed by atoms with Gasteiger partial charge in [0.15, 0.2) is 0 Å². The number of hydrogen-bond acceptors (Lipinski definition) is 5. The fraction of sp³-hybridized carbons (Fsp3) is 0.604. The van der Waals surface area contributed by atoms with Gasteiger partial charge in [-0.2, -0.15) is 0 Å². The Morgan fingerprint density at radius 1 is 0.810 bits per heavy atom. The highest BCUT2D eigenvalue weighted by atomic mass is 16.6. The molecule has 58 heavy (non-hydrogen) atoms. The zero-order valence-corrected chi connectivity index (χ0v) is 37.1. The molecule has 322 valence electrons. The summed E-state index contributed by atoms with van der Waals surface area (Å²) in [4.78, 5) is 0. The minimum absolute atomic E-state index is 0. The van der Waals surface area contributed by atoms with Gasteiger partial charge in [-0.15, -0.1) is 0 Å². The first-order valence-electron chi connectivity index (χ1n) is 22.1. The molecular formula is C53H81O5+. The van der Waals surface area contributed by atoms with Crippen LogP contribution in [-0.2, 0) is 17.6 Å². The van der Waals surface area contributed by atoms with E-state index in [0.717, 1.165) is 67.1 Å². The predicted octanol–water partition coefficient (Wildman–Crippen LogP) is 14.6. The number of aromatic hydroxyl groups is 4. The molecule has 0 bridgehead atoms. The maximum Gasteiger partial charge on any atom is 0.123 e. The monoisotopic (exact) mass is 798 g/mol. The summed E-state index contributed by atoms with van der Waals surface area (Å²) >= 11 is 0. The van der Waals surface area contributed by atoms with Crippen LogP contribution in [0.4, 0.5) is 0 Å². The smallest absolute Gasteiger partial charge is 0.123 e. The number of fused-ring (bicyclic) bond motifs is 3. The second-order valence-electron chi connectivity index (χ2n) is 18.9. The number of hydrogen-bond donors (Lipinski definition) is 4. The fourth-order valence-corrected chi connectivity index (χ4v) is 9.58. The molecule has 2 aromatic rings. The summed E-state index contributed by atoms with van der Waals surface area (Å²) in [5.41, 5.74) is 7.34. The molecule has 0 radical (unpaired) electrons. The van der Waals surface area contributed by atoms with E-state index in [1.165, 1.54) is 74.5 Å². The number of unbranched alkanes of at least 4 members (excludes halogenated alkanes) is 4. The zero-order chi connectivity index (χ0) is 42.1. The Bertz CT molecular complexity index is 1670. The van der Waals surface area contributed by atoms with Crippen molar-refractivity contribution in [2.45, 2.75) is 177 Å². The Morgan fingerprint density at radius 2 is 1.38 bits per heavy atom. The highest BCUT2D eigenvalue weighted by Crippen LogP contribution is 2.72. The molecule has 5 aliphatic rings. The van der Waals surface area contributed by atoms with E-state index < -0.39 is 0 Å². The number of phenolic OH excluding ortho intramolecular Hbond substituents is 4. The van der Waals surface area contributed by atoms with E-state index in [2.05, 4.69) is 86.8 Å². The van der Waals surface area contributed by atoms with E-state index in [9.17, 15) is 20.4 Å². The Kier molecular flexibility index (Phi) is 18.2. The van der Waals surface area contributed by atoms with Gasteiger partial charge in [-0.25, -0.2) is 0 Å². The van der Waals surface area contributed by atoms with Gasteiger partial charge < -0.3 is 25.2 Å². The van der Waals surface area contributed by atoms with Gasteiger partial charge in [0.05, 0.1) is 29.6 Å². The number of rotatable bonds is 11. The van der Waals surface area contributed by atoms with Crippen molar-refractivity contribution in [2.75, 3.05) is 0 Å². The first-order chi connectivity index (χ1) is 26.9. The lowest BCUT2D eigenvalue weighted by Gasteiger charge is -2.31. The number of allylic oxidation sites excluding steroid dienone is 6. The molecule has 4 aliphatic carbocycles. The number of phenols is 4. The van der Waals surface area contributed by atoms with Crippen molar-refractivity contribution in [1.82, 2.24) is 0 Å². The van der Waals surface area contributed by atoms with Gasteiger partial charge in [-0.05, 0) is 144 Å². The average Bonchev–Trinajstić information content (AvgIpc) is 3.99. The molecule has 2 aromatic carbocycles. The van der Waals surface area contributed by atoms with Gasteiger partial charge in [0.1, 0.15) is 23.0 Å². The third-order valence-corrected chi connectivity index (χ3v) is 13.5. The molecule has 1 unspecified atom stereocenters. The summed E-state index contributed by atoms with van der Waals surface area (Å²) in [5.74, 6) is 5.06. The van der Waals surface area contributed by atoms with Crippen LogP contribution in [0.1, 0.15) is 169 Å². The van der Waals surface area contributed by atoms with Crippen molar-refractivity contribution in [3.8, 4) is 23.0 Å². The topological polar surface area (TPSA) is 93.5 Å². The van der Waals surface area contributed by atoms with Crippen LogP contribution in [0.2, 0.25) is 0 Å². The van der Waals surface area contributed by atoms with Crippen LogP contribution in [0.25, 0.3) is 0 Å². The van der Waals surface area contributed by atoms with Crippen LogP contribution >= 0.6 is 0 Å². The normalized spacial score (nSPS) is 26.9. The van der Waals surface area contributed by atoms with Gasteiger partial charge in [0.25, 0.3) is 0 Å². The van der Waals surface area contributed by atoms with Crippen molar-refractivity contribution in [3.05, 3.63) is 101 Å². The van der Waals surface area contributed by atoms with E-state index in [1.807, 2.05) is 19.1 Å². The second kappa shape index (κ2) is 21.6. The lowest BCUT2D eigenvalue weighted by atomic mass is 9.73. The van der Waals surface area contributed by atoms with Crippen LogP contribution in [0, 0.1) is 35.0 Å². The SMILES string of the molecule is C.C=C(C)[C@@H]1CCC(C)=CC1c1c(O)cc(CCCCC)cc1O.C=C(C)[C@H]1C=C[C+](C)CC1.CC1(C)[C@@H]2[C@H]1CC[C@@]1(C)O[C@@H]21.CCCCCc1cc(O)cc(O)c1. The molecule has 5 nitrogen and oxygen atoms in total. The molecule has 1 aliphatic heterocycles. The molecule has 2 saturated carbocycles. The maximum atomic E-state index is 10.5.